The summed E-state index contributed by atoms with van der Waals surface area (Å²) in [5, 5.41) is 3.31. The Hall–Kier alpha value is -0.960. The molecule has 0 heterocycles. The van der Waals surface area contributed by atoms with Crippen molar-refractivity contribution in [3.05, 3.63) is 34.9 Å². The predicted molar refractivity (Wildman–Crippen MR) is 71.6 cm³/mol. The topological polar surface area (TPSA) is 12.0 Å². The molecule has 102 valence electrons. The molecule has 0 aromatic heterocycles. The molecule has 1 rings (SSSR count). The van der Waals surface area contributed by atoms with E-state index >= 15 is 0 Å². The van der Waals surface area contributed by atoms with E-state index in [0.717, 1.165) is 13.0 Å². The Bertz CT molecular complexity index is 408. The van der Waals surface area contributed by atoms with Gasteiger partial charge in [0.25, 0.3) is 0 Å². The van der Waals surface area contributed by atoms with Crippen LogP contribution >= 0.6 is 0 Å². The van der Waals surface area contributed by atoms with Crippen molar-refractivity contribution in [2.45, 2.75) is 47.1 Å². The Balaban J connectivity index is 3.16. The van der Waals surface area contributed by atoms with Crippen LogP contribution in [0.3, 0.4) is 0 Å². The van der Waals surface area contributed by atoms with E-state index in [4.69, 9.17) is 0 Å². The lowest BCUT2D eigenvalue weighted by Gasteiger charge is -2.32. The maximum absolute atomic E-state index is 14.0. The minimum absolute atomic E-state index is 0.169. The number of halogens is 2. The van der Waals surface area contributed by atoms with Gasteiger partial charge in [0.15, 0.2) is 0 Å². The third-order valence-corrected chi connectivity index (χ3v) is 3.05. The maximum atomic E-state index is 14.0. The Kier molecular flexibility index (Phi) is 4.85. The minimum Gasteiger partial charge on any atom is -0.309 e. The highest BCUT2D eigenvalue weighted by Crippen LogP contribution is 2.34. The van der Waals surface area contributed by atoms with Crippen LogP contribution in [0.4, 0.5) is 8.78 Å². The van der Waals surface area contributed by atoms with Crippen molar-refractivity contribution in [3.8, 4) is 0 Å². The van der Waals surface area contributed by atoms with Crippen molar-refractivity contribution in [1.82, 2.24) is 5.32 Å². The SMILES string of the molecule is CCCNC(c1cc(F)c(C)cc1F)C(C)(C)C. The molecule has 1 unspecified atom stereocenters. The average molecular weight is 255 g/mol. The van der Waals surface area contributed by atoms with Crippen molar-refractivity contribution in [3.63, 3.8) is 0 Å². The van der Waals surface area contributed by atoms with Crippen LogP contribution in [-0.4, -0.2) is 6.54 Å². The summed E-state index contributed by atoms with van der Waals surface area (Å²) >= 11 is 0. The van der Waals surface area contributed by atoms with E-state index in [1.807, 2.05) is 20.8 Å². The maximum Gasteiger partial charge on any atom is 0.128 e. The van der Waals surface area contributed by atoms with Crippen LogP contribution in [0.5, 0.6) is 0 Å². The monoisotopic (exact) mass is 255 g/mol. The molecule has 0 saturated heterocycles. The van der Waals surface area contributed by atoms with Crippen LogP contribution < -0.4 is 5.32 Å². The summed E-state index contributed by atoms with van der Waals surface area (Å²) in [5.41, 5.74) is 0.594. The number of aryl methyl sites for hydroxylation is 1. The van der Waals surface area contributed by atoms with Crippen LogP contribution in [0.1, 0.15) is 51.3 Å². The first-order valence-corrected chi connectivity index (χ1v) is 6.46. The predicted octanol–water partition coefficient (Wildman–Crippen LogP) is 4.36. The molecule has 0 spiro atoms. The summed E-state index contributed by atoms with van der Waals surface area (Å²) in [6.07, 6.45) is 0.961. The van der Waals surface area contributed by atoms with Gasteiger partial charge in [-0.3, -0.25) is 0 Å². The lowest BCUT2D eigenvalue weighted by atomic mass is 9.81. The normalized spacial score (nSPS) is 13.7. The van der Waals surface area contributed by atoms with Gasteiger partial charge in [-0.2, -0.15) is 0 Å². The van der Waals surface area contributed by atoms with E-state index in [2.05, 4.69) is 12.2 Å². The van der Waals surface area contributed by atoms with Gasteiger partial charge in [-0.15, -0.1) is 0 Å². The van der Waals surface area contributed by atoms with Gasteiger partial charge >= 0.3 is 0 Å². The highest BCUT2D eigenvalue weighted by molar-refractivity contribution is 5.28. The van der Waals surface area contributed by atoms with Crippen molar-refractivity contribution in [2.75, 3.05) is 6.54 Å². The van der Waals surface area contributed by atoms with Gasteiger partial charge in [0, 0.05) is 11.6 Å². The Morgan fingerprint density at radius 2 is 1.78 bits per heavy atom. The Morgan fingerprint density at radius 3 is 2.28 bits per heavy atom. The molecule has 0 bridgehead atoms. The number of benzene rings is 1. The second-order valence-electron chi connectivity index (χ2n) is 5.88. The molecule has 0 fully saturated rings. The largest absolute Gasteiger partial charge is 0.309 e. The van der Waals surface area contributed by atoms with Crippen LogP contribution in [0.15, 0.2) is 12.1 Å². The van der Waals surface area contributed by atoms with Gasteiger partial charge in [0.1, 0.15) is 11.6 Å². The molecule has 0 aliphatic carbocycles. The molecule has 1 aromatic carbocycles. The fourth-order valence-electron chi connectivity index (χ4n) is 2.05. The van der Waals surface area contributed by atoms with E-state index in [1.165, 1.54) is 12.1 Å². The van der Waals surface area contributed by atoms with Crippen LogP contribution in [-0.2, 0) is 0 Å². The molecule has 0 saturated carbocycles. The number of hydrogen-bond acceptors (Lipinski definition) is 1. The quantitative estimate of drug-likeness (QED) is 0.843. The lowest BCUT2D eigenvalue weighted by molar-refractivity contribution is 0.266. The van der Waals surface area contributed by atoms with Crippen molar-refractivity contribution < 1.29 is 8.78 Å². The molecule has 0 aliphatic rings. The van der Waals surface area contributed by atoms with Gasteiger partial charge in [-0.05, 0) is 43.0 Å². The van der Waals surface area contributed by atoms with Gasteiger partial charge in [-0.25, -0.2) is 8.78 Å². The summed E-state index contributed by atoms with van der Waals surface area (Å²) < 4.78 is 27.7. The Labute approximate surface area is 109 Å². The van der Waals surface area contributed by atoms with Crippen LogP contribution in [0.2, 0.25) is 0 Å². The van der Waals surface area contributed by atoms with Gasteiger partial charge in [0.05, 0.1) is 0 Å². The minimum atomic E-state index is -0.348. The van der Waals surface area contributed by atoms with Crippen molar-refractivity contribution in [2.24, 2.45) is 5.41 Å². The summed E-state index contributed by atoms with van der Waals surface area (Å²) in [5.74, 6) is -0.684. The first-order chi connectivity index (χ1) is 8.27. The smallest absolute Gasteiger partial charge is 0.128 e. The zero-order chi connectivity index (χ0) is 13.9. The molecule has 1 aromatic rings. The fraction of sp³-hybridized carbons (Fsp3) is 0.600. The molecular formula is C15H23F2N. The van der Waals surface area contributed by atoms with Gasteiger partial charge in [0.2, 0.25) is 0 Å². The molecular weight excluding hydrogens is 232 g/mol. The highest BCUT2D eigenvalue weighted by Gasteiger charge is 2.28. The zero-order valence-electron chi connectivity index (χ0n) is 11.9. The summed E-state index contributed by atoms with van der Waals surface area (Å²) in [4.78, 5) is 0. The van der Waals surface area contributed by atoms with E-state index in [-0.39, 0.29) is 23.1 Å². The molecule has 1 nitrogen and oxygen atoms in total. The van der Waals surface area contributed by atoms with Crippen LogP contribution in [0, 0.1) is 24.0 Å². The summed E-state index contributed by atoms with van der Waals surface area (Å²) in [7, 11) is 0. The first kappa shape index (κ1) is 15.1. The van der Waals surface area contributed by atoms with E-state index in [1.54, 1.807) is 6.92 Å². The number of rotatable bonds is 4. The molecule has 3 heteroatoms. The van der Waals surface area contributed by atoms with Crippen LogP contribution in [0.25, 0.3) is 0 Å². The second-order valence-corrected chi connectivity index (χ2v) is 5.88. The summed E-state index contributed by atoms with van der Waals surface area (Å²) in [6.45, 7) is 10.5. The average Bonchev–Trinajstić information content (AvgIpc) is 2.24. The molecule has 0 amide bonds. The third-order valence-electron chi connectivity index (χ3n) is 3.05. The molecule has 0 radical (unpaired) electrons. The van der Waals surface area contributed by atoms with E-state index < -0.39 is 0 Å². The summed E-state index contributed by atoms with van der Waals surface area (Å²) in [6, 6.07) is 2.41. The lowest BCUT2D eigenvalue weighted by Crippen LogP contribution is -2.33. The van der Waals surface area contributed by atoms with E-state index in [0.29, 0.717) is 11.1 Å². The standard InChI is InChI=1S/C15H23F2N/c1-6-7-18-14(15(3,4)5)11-9-12(16)10(2)8-13(11)17/h8-9,14,18H,6-7H2,1-5H3. The Morgan fingerprint density at radius 1 is 1.17 bits per heavy atom. The second kappa shape index (κ2) is 5.79. The number of hydrogen-bond donors (Lipinski definition) is 1. The van der Waals surface area contributed by atoms with Crippen molar-refractivity contribution in [1.29, 1.82) is 0 Å². The molecule has 18 heavy (non-hydrogen) atoms. The van der Waals surface area contributed by atoms with Gasteiger partial charge < -0.3 is 5.32 Å². The third kappa shape index (κ3) is 3.52. The molecule has 1 atom stereocenters. The fourth-order valence-corrected chi connectivity index (χ4v) is 2.05. The van der Waals surface area contributed by atoms with E-state index in [9.17, 15) is 8.78 Å². The number of nitrogens with one attached hydrogen (secondary N) is 1. The zero-order valence-corrected chi connectivity index (χ0v) is 11.9. The van der Waals surface area contributed by atoms with Gasteiger partial charge in [-0.1, -0.05) is 27.7 Å². The first-order valence-electron chi connectivity index (χ1n) is 6.46. The highest BCUT2D eigenvalue weighted by atomic mass is 19.1. The molecule has 1 N–H and O–H groups in total. The van der Waals surface area contributed by atoms with Crippen molar-refractivity contribution >= 4 is 0 Å². The molecule has 0 aliphatic heterocycles.